The summed E-state index contributed by atoms with van der Waals surface area (Å²) in [6, 6.07) is 23.0. The summed E-state index contributed by atoms with van der Waals surface area (Å²) >= 11 is 0. The van der Waals surface area contributed by atoms with Crippen molar-refractivity contribution in [1.82, 2.24) is 25.8 Å². The zero-order valence-corrected chi connectivity index (χ0v) is 42.1. The monoisotopic (exact) mass is 1010 g/mol. The highest BCUT2D eigenvalue weighted by Crippen LogP contribution is 2.33. The van der Waals surface area contributed by atoms with E-state index in [4.69, 9.17) is 30.1 Å². The van der Waals surface area contributed by atoms with Gasteiger partial charge in [-0.2, -0.15) is 0 Å². The van der Waals surface area contributed by atoms with Crippen molar-refractivity contribution in [3.8, 4) is 5.75 Å². The number of nitrogens with two attached hydrogens (primary N) is 1. The van der Waals surface area contributed by atoms with Gasteiger partial charge in [-0.15, -0.1) is 0 Å². The number of carbonyl (C=O) groups excluding carboxylic acids is 5. The number of imide groups is 1. The number of hydrogen-bond acceptors (Lipinski definition) is 13. The van der Waals surface area contributed by atoms with Crippen LogP contribution in [0.4, 0.5) is 11.4 Å². The third kappa shape index (κ3) is 16.2. The van der Waals surface area contributed by atoms with Crippen molar-refractivity contribution < 1.29 is 42.9 Å². The minimum atomic E-state index is -0.749. The maximum Gasteiger partial charge on any atom is 0.255 e. The summed E-state index contributed by atoms with van der Waals surface area (Å²) in [5, 5.41) is 24.1. The number of unbranched alkanes of at least 4 members (excludes halogenated alkanes) is 5. The maximum absolute atomic E-state index is 13.2. The second-order valence-electron chi connectivity index (χ2n) is 18.6. The molecule has 1 atom stereocenters. The SMILES string of the molecule is N=C(N=C(N)c1ccncc1)C1(Nc2cccc(C(=O)NCc3ccc(OCCCCCCOCCOCCOCCCCCC(=O)Nc4cccc5c4CN(C4CCC(=O)NC4=O)C5=O)cc3)c2)CCNCC1. The van der Waals surface area contributed by atoms with Gasteiger partial charge in [0.05, 0.1) is 38.6 Å². The van der Waals surface area contributed by atoms with E-state index in [0.29, 0.717) is 120 Å². The van der Waals surface area contributed by atoms with Crippen LogP contribution in [-0.4, -0.2) is 122 Å². The van der Waals surface area contributed by atoms with Gasteiger partial charge < -0.3 is 50.8 Å². The number of anilines is 2. The Bertz CT molecular complexity index is 2550. The van der Waals surface area contributed by atoms with Gasteiger partial charge in [-0.25, -0.2) is 4.99 Å². The molecular weight excluding hydrogens is 945 g/mol. The molecule has 0 radical (unpaired) electrons. The summed E-state index contributed by atoms with van der Waals surface area (Å²) in [7, 11) is 0. The van der Waals surface area contributed by atoms with E-state index >= 15 is 0 Å². The number of fused-ring (bicyclic) bond motifs is 1. The quantitative estimate of drug-likeness (QED) is 0.0145. The van der Waals surface area contributed by atoms with Gasteiger partial charge in [-0.1, -0.05) is 37.1 Å². The average molecular weight is 1020 g/mol. The van der Waals surface area contributed by atoms with Gasteiger partial charge in [-0.3, -0.25) is 39.7 Å². The van der Waals surface area contributed by atoms with E-state index in [-0.39, 0.29) is 54.7 Å². The fourth-order valence-corrected chi connectivity index (χ4v) is 9.07. The number of benzene rings is 3. The number of amidine groups is 2. The highest BCUT2D eigenvalue weighted by molar-refractivity contribution is 6.08. The Balaban J connectivity index is 0.659. The van der Waals surface area contributed by atoms with Crippen LogP contribution in [0.15, 0.2) is 96.2 Å². The largest absolute Gasteiger partial charge is 0.494 e. The van der Waals surface area contributed by atoms with Crippen LogP contribution in [0.25, 0.3) is 0 Å². The minimum Gasteiger partial charge on any atom is -0.494 e. The van der Waals surface area contributed by atoms with E-state index in [2.05, 4.69) is 36.6 Å². The minimum absolute atomic E-state index is 0.137. The Morgan fingerprint density at radius 2 is 1.47 bits per heavy atom. The van der Waals surface area contributed by atoms with Crippen molar-refractivity contribution in [1.29, 1.82) is 5.41 Å². The fraction of sp³-hybridized carbons (Fsp3) is 0.455. The van der Waals surface area contributed by atoms with Crippen molar-refractivity contribution in [2.75, 3.05) is 70.0 Å². The molecule has 1 aromatic heterocycles. The molecule has 0 spiro atoms. The summed E-state index contributed by atoms with van der Waals surface area (Å²) in [4.78, 5) is 73.0. The van der Waals surface area contributed by atoms with Crippen LogP contribution in [0.1, 0.15) is 114 Å². The lowest BCUT2D eigenvalue weighted by molar-refractivity contribution is -0.137. The molecule has 0 saturated carbocycles. The van der Waals surface area contributed by atoms with Gasteiger partial charge >= 0.3 is 0 Å². The molecule has 1 unspecified atom stereocenters. The van der Waals surface area contributed by atoms with Crippen molar-refractivity contribution in [3.63, 3.8) is 0 Å². The summed E-state index contributed by atoms with van der Waals surface area (Å²) in [5.41, 5.74) is 10.1. The molecule has 394 valence electrons. The number of nitrogens with zero attached hydrogens (tertiary/aromatic N) is 3. The van der Waals surface area contributed by atoms with Crippen LogP contribution in [0, 0.1) is 5.41 Å². The van der Waals surface area contributed by atoms with Crippen LogP contribution in [0.5, 0.6) is 5.75 Å². The zero-order chi connectivity index (χ0) is 52.0. The van der Waals surface area contributed by atoms with Gasteiger partial charge in [0.1, 0.15) is 23.5 Å². The van der Waals surface area contributed by atoms with Crippen molar-refractivity contribution in [2.24, 2.45) is 10.7 Å². The number of amides is 5. The van der Waals surface area contributed by atoms with E-state index < -0.39 is 17.5 Å². The van der Waals surface area contributed by atoms with Crippen LogP contribution >= 0.6 is 0 Å². The van der Waals surface area contributed by atoms with E-state index in [0.717, 1.165) is 55.5 Å². The van der Waals surface area contributed by atoms with E-state index in [9.17, 15) is 24.0 Å². The number of pyridine rings is 1. The third-order valence-corrected chi connectivity index (χ3v) is 13.2. The molecule has 3 aromatic carbocycles. The number of aromatic nitrogens is 1. The molecule has 19 heteroatoms. The lowest BCUT2D eigenvalue weighted by Gasteiger charge is -2.38. The number of ether oxygens (including phenoxy) is 4. The molecule has 2 fully saturated rings. The molecule has 3 aliphatic rings. The highest BCUT2D eigenvalue weighted by Gasteiger charge is 2.40. The lowest BCUT2D eigenvalue weighted by atomic mass is 9.86. The van der Waals surface area contributed by atoms with Crippen molar-refractivity contribution in [2.45, 2.75) is 102 Å². The molecule has 0 bridgehead atoms. The summed E-state index contributed by atoms with van der Waals surface area (Å²) in [5.74, 6) is -0.232. The summed E-state index contributed by atoms with van der Waals surface area (Å²) < 4.78 is 23.0. The fourth-order valence-electron chi connectivity index (χ4n) is 9.07. The molecule has 19 nitrogen and oxygen atoms in total. The Hall–Kier alpha value is -7.06. The Morgan fingerprint density at radius 3 is 2.19 bits per heavy atom. The number of carbonyl (C=O) groups is 5. The van der Waals surface area contributed by atoms with Crippen LogP contribution in [0.2, 0.25) is 0 Å². The van der Waals surface area contributed by atoms with Gasteiger partial charge in [0.15, 0.2) is 0 Å². The number of piperidine rings is 2. The van der Waals surface area contributed by atoms with Crippen LogP contribution < -0.4 is 37.1 Å². The molecule has 4 aromatic rings. The molecule has 2 saturated heterocycles. The highest BCUT2D eigenvalue weighted by atomic mass is 16.5. The number of rotatable bonds is 29. The van der Waals surface area contributed by atoms with Gasteiger partial charge in [0, 0.05) is 85.2 Å². The molecule has 8 N–H and O–H groups in total. The smallest absolute Gasteiger partial charge is 0.255 e. The molecule has 5 amide bonds. The van der Waals surface area contributed by atoms with Crippen molar-refractivity contribution in [3.05, 3.63) is 119 Å². The van der Waals surface area contributed by atoms with E-state index in [1.807, 2.05) is 36.4 Å². The molecule has 4 heterocycles. The maximum atomic E-state index is 13.2. The molecule has 3 aliphatic heterocycles. The first-order valence-corrected chi connectivity index (χ1v) is 25.8. The molecular formula is C55H70N10O9. The second kappa shape index (κ2) is 28.4. The Morgan fingerprint density at radius 1 is 0.797 bits per heavy atom. The first kappa shape index (κ1) is 54.7. The first-order chi connectivity index (χ1) is 36.1. The Kier molecular flexibility index (Phi) is 21.0. The van der Waals surface area contributed by atoms with Gasteiger partial charge in [0.25, 0.3) is 11.8 Å². The van der Waals surface area contributed by atoms with Crippen LogP contribution in [0.3, 0.4) is 0 Å². The van der Waals surface area contributed by atoms with Crippen molar-refractivity contribution >= 4 is 52.6 Å². The predicted molar refractivity (Wildman–Crippen MR) is 281 cm³/mol. The molecule has 0 aliphatic carbocycles. The topological polar surface area (TPSA) is 261 Å². The third-order valence-electron chi connectivity index (χ3n) is 13.2. The Labute approximate surface area is 432 Å². The average Bonchev–Trinajstić information content (AvgIpc) is 3.75. The lowest BCUT2D eigenvalue weighted by Crippen LogP contribution is -2.53. The first-order valence-electron chi connectivity index (χ1n) is 25.8. The zero-order valence-electron chi connectivity index (χ0n) is 42.1. The normalized spacial score (nSPS) is 16.3. The van der Waals surface area contributed by atoms with Gasteiger partial charge in [0.2, 0.25) is 17.7 Å². The summed E-state index contributed by atoms with van der Waals surface area (Å²) in [6.45, 7) is 5.89. The second-order valence-corrected chi connectivity index (χ2v) is 18.6. The van der Waals surface area contributed by atoms with E-state index in [1.165, 1.54) is 4.90 Å². The predicted octanol–water partition coefficient (Wildman–Crippen LogP) is 5.88. The number of nitrogens with one attached hydrogen (secondary N) is 6. The standard InChI is InChI=1S/C55H70N10O9/c56-50(40-21-25-58-26-22-40)63-54(57)55(23-27-59-28-24-55)64-42-11-8-10-41(36-42)51(68)60-37-39-15-17-43(18-16-39)74-31-7-2-1-5-29-71-32-34-73-35-33-72-30-6-3-4-14-48(66)61-46-13-9-12-44-45(46)38-65(53(44)70)47-19-20-49(67)62-52(47)69/h8-13,15-18,21-22,25-26,36,47,59,64H,1-7,14,19-20,23-24,27-35,37-38H2,(H,60,68)(H,61,66)(H3,56,57,63)(H,62,67,69). The summed E-state index contributed by atoms with van der Waals surface area (Å²) in [6.07, 6.45) is 11.7. The van der Waals surface area contributed by atoms with E-state index in [1.54, 1.807) is 54.9 Å². The number of hydrogen-bond donors (Lipinski definition) is 7. The molecule has 7 rings (SSSR count). The van der Waals surface area contributed by atoms with Crippen LogP contribution in [-0.2, 0) is 41.7 Å². The van der Waals surface area contributed by atoms with Gasteiger partial charge in [-0.05, 0) is 125 Å². The number of aliphatic imine (C=N–C) groups is 1. The molecule has 74 heavy (non-hydrogen) atoms.